The van der Waals surface area contributed by atoms with E-state index in [0.717, 1.165) is 47.7 Å². The van der Waals surface area contributed by atoms with Crippen molar-refractivity contribution in [3.05, 3.63) is 81.3 Å². The van der Waals surface area contributed by atoms with Crippen LogP contribution in [0.5, 0.6) is 5.75 Å². The van der Waals surface area contributed by atoms with Crippen LogP contribution in [0, 0.1) is 6.92 Å². The van der Waals surface area contributed by atoms with Gasteiger partial charge in [0.2, 0.25) is 0 Å². The Balaban J connectivity index is 1.31. The van der Waals surface area contributed by atoms with Gasteiger partial charge in [-0.25, -0.2) is 4.98 Å². The molecule has 1 heterocycles. The van der Waals surface area contributed by atoms with Crippen LogP contribution in [-0.2, 0) is 13.0 Å². The molecule has 1 amide bonds. The summed E-state index contributed by atoms with van der Waals surface area (Å²) in [5, 5.41) is 3.05. The second-order valence-electron chi connectivity index (χ2n) is 7.87. The standard InChI is InChI=1S/C24H24N2O2S/c1-16-25-19(15-29-16)14-28-21-11-6-18(7-12-21)24(27)26(20-9-10-20)23-13-8-17-4-2-3-5-22(17)23/h2-7,11-12,15,20,23H,8-10,13-14H2,1H3. The number of benzene rings is 2. The van der Waals surface area contributed by atoms with Crippen molar-refractivity contribution < 1.29 is 9.53 Å². The molecule has 0 N–H and O–H groups in total. The van der Waals surface area contributed by atoms with Crippen molar-refractivity contribution in [1.29, 1.82) is 0 Å². The van der Waals surface area contributed by atoms with Crippen molar-refractivity contribution in [3.63, 3.8) is 0 Å². The van der Waals surface area contributed by atoms with Crippen LogP contribution in [0.4, 0.5) is 0 Å². The van der Waals surface area contributed by atoms with Crippen LogP contribution in [0.3, 0.4) is 0 Å². The number of amides is 1. The van der Waals surface area contributed by atoms with Gasteiger partial charge < -0.3 is 9.64 Å². The Hall–Kier alpha value is -2.66. The van der Waals surface area contributed by atoms with E-state index in [4.69, 9.17) is 4.74 Å². The van der Waals surface area contributed by atoms with Gasteiger partial charge in [-0.2, -0.15) is 0 Å². The Bertz CT molecular complexity index is 1020. The Morgan fingerprint density at radius 3 is 2.66 bits per heavy atom. The molecule has 0 radical (unpaired) electrons. The first-order valence-corrected chi connectivity index (χ1v) is 11.1. The minimum Gasteiger partial charge on any atom is -0.487 e. The molecule has 1 unspecified atom stereocenters. The average molecular weight is 405 g/mol. The van der Waals surface area contributed by atoms with Gasteiger partial charge >= 0.3 is 0 Å². The van der Waals surface area contributed by atoms with E-state index in [1.165, 1.54) is 11.1 Å². The monoisotopic (exact) mass is 404 g/mol. The van der Waals surface area contributed by atoms with Gasteiger partial charge in [-0.1, -0.05) is 24.3 Å². The molecule has 0 aliphatic heterocycles. The molecule has 0 saturated heterocycles. The predicted octanol–water partition coefficient (Wildman–Crippen LogP) is 5.32. The Kier molecular flexibility index (Phi) is 4.84. The van der Waals surface area contributed by atoms with Gasteiger partial charge in [-0.3, -0.25) is 4.79 Å². The second-order valence-corrected chi connectivity index (χ2v) is 8.93. The molecule has 1 atom stereocenters. The summed E-state index contributed by atoms with van der Waals surface area (Å²) in [6.45, 7) is 2.44. The summed E-state index contributed by atoms with van der Waals surface area (Å²) < 4.78 is 5.83. The molecule has 0 bridgehead atoms. The van der Waals surface area contributed by atoms with Gasteiger partial charge in [-0.15, -0.1) is 11.3 Å². The summed E-state index contributed by atoms with van der Waals surface area (Å²) in [6, 6.07) is 16.7. The number of nitrogens with zero attached hydrogens (tertiary/aromatic N) is 2. The highest BCUT2D eigenvalue weighted by Gasteiger charge is 2.40. The Labute approximate surface area is 175 Å². The van der Waals surface area contributed by atoms with Crippen molar-refractivity contribution in [2.45, 2.75) is 51.3 Å². The second kappa shape index (κ2) is 7.64. The van der Waals surface area contributed by atoms with Gasteiger partial charge in [0.15, 0.2) is 0 Å². The van der Waals surface area contributed by atoms with Crippen molar-refractivity contribution >= 4 is 17.2 Å². The molecule has 3 aromatic rings. The highest BCUT2D eigenvalue weighted by Crippen LogP contribution is 2.42. The molecular formula is C24H24N2O2S. The van der Waals surface area contributed by atoms with E-state index >= 15 is 0 Å². The lowest BCUT2D eigenvalue weighted by Gasteiger charge is -2.30. The van der Waals surface area contributed by atoms with Crippen LogP contribution >= 0.6 is 11.3 Å². The topological polar surface area (TPSA) is 42.4 Å². The molecule has 2 aliphatic rings. The maximum Gasteiger partial charge on any atom is 0.254 e. The summed E-state index contributed by atoms with van der Waals surface area (Å²) in [5.41, 5.74) is 4.38. The van der Waals surface area contributed by atoms with Crippen LogP contribution in [-0.4, -0.2) is 21.8 Å². The molecule has 2 aromatic carbocycles. The van der Waals surface area contributed by atoms with E-state index in [0.29, 0.717) is 12.6 Å². The molecule has 1 saturated carbocycles. The zero-order valence-corrected chi connectivity index (χ0v) is 17.3. The molecule has 148 valence electrons. The van der Waals surface area contributed by atoms with Crippen LogP contribution in [0.25, 0.3) is 0 Å². The van der Waals surface area contributed by atoms with E-state index in [1.54, 1.807) is 11.3 Å². The average Bonchev–Trinajstić information content (AvgIpc) is 3.35. The molecule has 5 heteroatoms. The van der Waals surface area contributed by atoms with Crippen LogP contribution in [0.15, 0.2) is 53.9 Å². The van der Waals surface area contributed by atoms with E-state index in [2.05, 4.69) is 34.1 Å². The van der Waals surface area contributed by atoms with Gasteiger partial charge in [0, 0.05) is 17.0 Å². The number of aromatic nitrogens is 1. The van der Waals surface area contributed by atoms with Crippen molar-refractivity contribution in [1.82, 2.24) is 9.88 Å². The van der Waals surface area contributed by atoms with E-state index in [1.807, 2.05) is 36.6 Å². The zero-order chi connectivity index (χ0) is 19.8. The van der Waals surface area contributed by atoms with Crippen molar-refractivity contribution in [2.75, 3.05) is 0 Å². The van der Waals surface area contributed by atoms with E-state index < -0.39 is 0 Å². The molecule has 2 aliphatic carbocycles. The summed E-state index contributed by atoms with van der Waals surface area (Å²) in [4.78, 5) is 19.9. The molecule has 1 fully saturated rings. The Morgan fingerprint density at radius 2 is 1.93 bits per heavy atom. The lowest BCUT2D eigenvalue weighted by Crippen LogP contribution is -2.36. The number of carbonyl (C=O) groups is 1. The predicted molar refractivity (Wildman–Crippen MR) is 114 cm³/mol. The van der Waals surface area contributed by atoms with E-state index in [-0.39, 0.29) is 11.9 Å². The number of hydrogen-bond donors (Lipinski definition) is 0. The minimum absolute atomic E-state index is 0.135. The third kappa shape index (κ3) is 3.79. The number of ether oxygens (including phenoxy) is 1. The van der Waals surface area contributed by atoms with Crippen LogP contribution in [0.2, 0.25) is 0 Å². The lowest BCUT2D eigenvalue weighted by molar-refractivity contribution is 0.0658. The highest BCUT2D eigenvalue weighted by molar-refractivity contribution is 7.09. The molecule has 4 nitrogen and oxygen atoms in total. The quantitative estimate of drug-likeness (QED) is 0.558. The summed E-state index contributed by atoms with van der Waals surface area (Å²) >= 11 is 1.62. The third-order valence-corrected chi connectivity index (χ3v) is 6.59. The number of hydrogen-bond acceptors (Lipinski definition) is 4. The van der Waals surface area contributed by atoms with Crippen LogP contribution in [0.1, 0.15) is 57.5 Å². The fourth-order valence-corrected chi connectivity index (χ4v) is 4.81. The SMILES string of the molecule is Cc1nc(COc2ccc(C(=O)N(C3CC3)C3CCc4ccccc43)cc2)cs1. The molecular weight excluding hydrogens is 380 g/mol. The number of thiazole rings is 1. The molecule has 29 heavy (non-hydrogen) atoms. The van der Waals surface area contributed by atoms with E-state index in [9.17, 15) is 4.79 Å². The summed E-state index contributed by atoms with van der Waals surface area (Å²) in [7, 11) is 0. The number of carbonyl (C=O) groups excluding carboxylic acids is 1. The highest BCUT2D eigenvalue weighted by atomic mass is 32.1. The lowest BCUT2D eigenvalue weighted by atomic mass is 10.1. The van der Waals surface area contributed by atoms with Gasteiger partial charge in [-0.05, 0) is 68.0 Å². The largest absolute Gasteiger partial charge is 0.487 e. The first-order valence-electron chi connectivity index (χ1n) is 10.2. The summed E-state index contributed by atoms with van der Waals surface area (Å²) in [6.07, 6.45) is 4.30. The van der Waals surface area contributed by atoms with Gasteiger partial charge in [0.05, 0.1) is 16.7 Å². The van der Waals surface area contributed by atoms with Gasteiger partial charge in [0.25, 0.3) is 5.91 Å². The first-order chi connectivity index (χ1) is 14.2. The summed E-state index contributed by atoms with van der Waals surface area (Å²) in [5.74, 6) is 0.896. The fraction of sp³-hybridized carbons (Fsp3) is 0.333. The molecule has 0 spiro atoms. The number of rotatable bonds is 6. The van der Waals surface area contributed by atoms with Crippen LogP contribution < -0.4 is 4.74 Å². The minimum atomic E-state index is 0.135. The smallest absolute Gasteiger partial charge is 0.254 e. The third-order valence-electron chi connectivity index (χ3n) is 5.77. The maximum absolute atomic E-state index is 13.4. The number of fused-ring (bicyclic) bond motifs is 1. The molecule has 5 rings (SSSR count). The van der Waals surface area contributed by atoms with Crippen molar-refractivity contribution in [2.24, 2.45) is 0 Å². The maximum atomic E-state index is 13.4. The fourth-order valence-electron chi connectivity index (χ4n) is 4.21. The zero-order valence-electron chi connectivity index (χ0n) is 16.5. The first kappa shape index (κ1) is 18.4. The number of aryl methyl sites for hydroxylation is 2. The Morgan fingerprint density at radius 1 is 1.14 bits per heavy atom. The molecule has 1 aromatic heterocycles. The normalized spacial score (nSPS) is 17.8. The van der Waals surface area contributed by atoms with Crippen molar-refractivity contribution in [3.8, 4) is 5.75 Å². The van der Waals surface area contributed by atoms with Gasteiger partial charge in [0.1, 0.15) is 12.4 Å².